The monoisotopic (exact) mass is 216 g/mol. The van der Waals surface area contributed by atoms with Crippen LogP contribution in [0.2, 0.25) is 0 Å². The summed E-state index contributed by atoms with van der Waals surface area (Å²) in [7, 11) is 0. The summed E-state index contributed by atoms with van der Waals surface area (Å²) in [4.78, 5) is 0. The third-order valence-electron chi connectivity index (χ3n) is 2.99. The van der Waals surface area contributed by atoms with Crippen molar-refractivity contribution in [3.63, 3.8) is 0 Å². The van der Waals surface area contributed by atoms with E-state index < -0.39 is 6.17 Å². The van der Waals surface area contributed by atoms with Crippen molar-refractivity contribution in [3.8, 4) is 0 Å². The van der Waals surface area contributed by atoms with Gasteiger partial charge in [0.05, 0.1) is 0 Å². The minimum atomic E-state index is -0.525. The molecular formula is C14H29F. The molecule has 1 unspecified atom stereocenters. The molecule has 0 heterocycles. The zero-order chi connectivity index (χ0) is 11.4. The molecular weight excluding hydrogens is 187 g/mol. The lowest BCUT2D eigenvalue weighted by Gasteiger charge is -2.07. The number of rotatable bonds is 11. The second-order valence-electron chi connectivity index (χ2n) is 4.65. The Labute approximate surface area is 95.6 Å². The molecule has 0 aromatic heterocycles. The second kappa shape index (κ2) is 12.0. The fraction of sp³-hybridized carbons (Fsp3) is 1.00. The fourth-order valence-corrected chi connectivity index (χ4v) is 1.91. The molecule has 1 atom stereocenters. The molecule has 0 N–H and O–H groups in total. The highest BCUT2D eigenvalue weighted by atomic mass is 19.1. The molecule has 0 fully saturated rings. The van der Waals surface area contributed by atoms with E-state index in [4.69, 9.17) is 0 Å². The number of unbranched alkanes of at least 4 members (excludes halogenated alkanes) is 7. The van der Waals surface area contributed by atoms with Crippen molar-refractivity contribution in [3.05, 3.63) is 0 Å². The average Bonchev–Trinajstić information content (AvgIpc) is 2.23. The quantitative estimate of drug-likeness (QED) is 0.391. The molecule has 1 heteroatoms. The van der Waals surface area contributed by atoms with Crippen LogP contribution in [0.3, 0.4) is 0 Å². The highest BCUT2D eigenvalue weighted by Gasteiger charge is 2.04. The third kappa shape index (κ3) is 11.9. The molecule has 0 aromatic rings. The maximum atomic E-state index is 13.3. The molecule has 0 nitrogen and oxygen atoms in total. The Morgan fingerprint density at radius 3 is 1.67 bits per heavy atom. The van der Waals surface area contributed by atoms with Crippen LogP contribution in [0, 0.1) is 0 Å². The largest absolute Gasteiger partial charge is 0.247 e. The van der Waals surface area contributed by atoms with E-state index in [1.165, 1.54) is 44.9 Å². The summed E-state index contributed by atoms with van der Waals surface area (Å²) in [5.74, 6) is 0. The fourth-order valence-electron chi connectivity index (χ4n) is 1.91. The summed E-state index contributed by atoms with van der Waals surface area (Å²) in [6.07, 6.45) is 12.1. The van der Waals surface area contributed by atoms with Crippen molar-refractivity contribution < 1.29 is 4.39 Å². The molecule has 0 aliphatic rings. The Morgan fingerprint density at radius 1 is 0.667 bits per heavy atom. The van der Waals surface area contributed by atoms with Gasteiger partial charge in [-0.15, -0.1) is 0 Å². The van der Waals surface area contributed by atoms with E-state index in [0.29, 0.717) is 0 Å². The highest BCUT2D eigenvalue weighted by molar-refractivity contribution is 4.57. The van der Waals surface area contributed by atoms with Crippen LogP contribution in [0.25, 0.3) is 0 Å². The van der Waals surface area contributed by atoms with E-state index in [1.807, 2.05) is 0 Å². The Kier molecular flexibility index (Phi) is 11.9. The van der Waals surface area contributed by atoms with Gasteiger partial charge in [-0.3, -0.25) is 0 Å². The Bertz CT molecular complexity index is 112. The van der Waals surface area contributed by atoms with E-state index in [-0.39, 0.29) is 0 Å². The topological polar surface area (TPSA) is 0 Å². The number of alkyl halides is 1. The Hall–Kier alpha value is -0.0700. The minimum absolute atomic E-state index is 0.525. The zero-order valence-electron chi connectivity index (χ0n) is 10.7. The summed E-state index contributed by atoms with van der Waals surface area (Å²) in [5.41, 5.74) is 0. The van der Waals surface area contributed by atoms with E-state index in [9.17, 15) is 4.39 Å². The molecule has 0 saturated heterocycles. The van der Waals surface area contributed by atoms with Gasteiger partial charge in [-0.25, -0.2) is 4.39 Å². The molecule has 0 aliphatic carbocycles. The van der Waals surface area contributed by atoms with Crippen LogP contribution in [0.1, 0.15) is 84.5 Å². The first-order chi connectivity index (χ1) is 7.31. The second-order valence-corrected chi connectivity index (χ2v) is 4.65. The molecule has 0 saturated carbocycles. The van der Waals surface area contributed by atoms with Gasteiger partial charge in [-0.1, -0.05) is 71.6 Å². The SMILES string of the molecule is CCCCCCCCC(F)CCCCC. The lowest BCUT2D eigenvalue weighted by Crippen LogP contribution is -1.99. The van der Waals surface area contributed by atoms with Gasteiger partial charge in [0.15, 0.2) is 0 Å². The van der Waals surface area contributed by atoms with Gasteiger partial charge in [0.25, 0.3) is 0 Å². The molecule has 15 heavy (non-hydrogen) atoms. The predicted octanol–water partition coefficient (Wildman–Crippen LogP) is 5.66. The van der Waals surface area contributed by atoms with E-state index >= 15 is 0 Å². The highest BCUT2D eigenvalue weighted by Crippen LogP contribution is 2.15. The van der Waals surface area contributed by atoms with Gasteiger partial charge in [0.2, 0.25) is 0 Å². The molecule has 92 valence electrons. The molecule has 0 aliphatic heterocycles. The van der Waals surface area contributed by atoms with Crippen LogP contribution in [-0.4, -0.2) is 6.17 Å². The van der Waals surface area contributed by atoms with Crippen LogP contribution in [0.15, 0.2) is 0 Å². The summed E-state index contributed by atoms with van der Waals surface area (Å²) in [5, 5.41) is 0. The summed E-state index contributed by atoms with van der Waals surface area (Å²) in [6, 6.07) is 0. The summed E-state index contributed by atoms with van der Waals surface area (Å²) < 4.78 is 13.3. The Balaban J connectivity index is 3.06. The van der Waals surface area contributed by atoms with Crippen LogP contribution < -0.4 is 0 Å². The van der Waals surface area contributed by atoms with Crippen molar-refractivity contribution in [2.75, 3.05) is 0 Å². The molecule has 0 aromatic carbocycles. The molecule has 0 radical (unpaired) electrons. The van der Waals surface area contributed by atoms with Gasteiger partial charge < -0.3 is 0 Å². The number of halogens is 1. The van der Waals surface area contributed by atoms with Crippen LogP contribution in [0.4, 0.5) is 4.39 Å². The zero-order valence-corrected chi connectivity index (χ0v) is 10.7. The van der Waals surface area contributed by atoms with Gasteiger partial charge in [-0.05, 0) is 12.8 Å². The lowest BCUT2D eigenvalue weighted by atomic mass is 10.0. The smallest absolute Gasteiger partial charge is 0.100 e. The molecule has 0 amide bonds. The number of hydrogen-bond donors (Lipinski definition) is 0. The molecule has 0 spiro atoms. The van der Waals surface area contributed by atoms with E-state index in [1.54, 1.807) is 0 Å². The maximum absolute atomic E-state index is 13.3. The van der Waals surface area contributed by atoms with Crippen molar-refractivity contribution >= 4 is 0 Å². The first-order valence-electron chi connectivity index (χ1n) is 6.95. The summed E-state index contributed by atoms with van der Waals surface area (Å²) >= 11 is 0. The lowest BCUT2D eigenvalue weighted by molar-refractivity contribution is 0.280. The van der Waals surface area contributed by atoms with Crippen molar-refractivity contribution in [2.24, 2.45) is 0 Å². The van der Waals surface area contributed by atoms with E-state index in [0.717, 1.165) is 25.7 Å². The van der Waals surface area contributed by atoms with Crippen LogP contribution in [0.5, 0.6) is 0 Å². The summed E-state index contributed by atoms with van der Waals surface area (Å²) in [6.45, 7) is 4.40. The first-order valence-corrected chi connectivity index (χ1v) is 6.95. The number of hydrogen-bond acceptors (Lipinski definition) is 0. The molecule has 0 rings (SSSR count). The third-order valence-corrected chi connectivity index (χ3v) is 2.99. The molecule has 0 bridgehead atoms. The minimum Gasteiger partial charge on any atom is -0.247 e. The standard InChI is InChI=1S/C14H29F/c1-3-5-7-8-9-11-13-14(15)12-10-6-4-2/h14H,3-13H2,1-2H3. The van der Waals surface area contributed by atoms with Crippen LogP contribution in [-0.2, 0) is 0 Å². The van der Waals surface area contributed by atoms with Gasteiger partial charge in [0, 0.05) is 0 Å². The predicted molar refractivity (Wildman–Crippen MR) is 67.0 cm³/mol. The van der Waals surface area contributed by atoms with Gasteiger partial charge >= 0.3 is 0 Å². The van der Waals surface area contributed by atoms with Crippen molar-refractivity contribution in [1.82, 2.24) is 0 Å². The van der Waals surface area contributed by atoms with Gasteiger partial charge in [0.1, 0.15) is 6.17 Å². The van der Waals surface area contributed by atoms with Gasteiger partial charge in [-0.2, -0.15) is 0 Å². The Morgan fingerprint density at radius 2 is 1.07 bits per heavy atom. The average molecular weight is 216 g/mol. The van der Waals surface area contributed by atoms with Crippen LogP contribution >= 0.6 is 0 Å². The maximum Gasteiger partial charge on any atom is 0.100 e. The first kappa shape index (κ1) is 14.9. The van der Waals surface area contributed by atoms with Crippen molar-refractivity contribution in [2.45, 2.75) is 90.6 Å². The van der Waals surface area contributed by atoms with Crippen molar-refractivity contribution in [1.29, 1.82) is 0 Å². The van der Waals surface area contributed by atoms with E-state index in [2.05, 4.69) is 13.8 Å². The normalized spacial score (nSPS) is 13.0.